The largest absolute Gasteiger partial charge is 0.382 e. The van der Waals surface area contributed by atoms with Crippen molar-refractivity contribution in [2.45, 2.75) is 13.0 Å². The second-order valence-corrected chi connectivity index (χ2v) is 9.05. The minimum atomic E-state index is -3.39. The fraction of sp³-hybridized carbons (Fsp3) is 0.455. The molecule has 0 heterocycles. The predicted molar refractivity (Wildman–Crippen MR) is 82.7 cm³/mol. The van der Waals surface area contributed by atoms with Gasteiger partial charge in [-0.25, -0.2) is 16.8 Å². The van der Waals surface area contributed by atoms with Crippen molar-refractivity contribution in [1.29, 1.82) is 0 Å². The first-order chi connectivity index (χ1) is 8.96. The molecule has 0 saturated carbocycles. The molecule has 1 unspecified atom stereocenters. The molecule has 0 aliphatic carbocycles. The minimum Gasteiger partial charge on any atom is -0.382 e. The maximum Gasteiger partial charge on any atom is 0.229 e. The summed E-state index contributed by atoms with van der Waals surface area (Å²) in [6.07, 6.45) is 2.20. The molecule has 0 amide bonds. The van der Waals surface area contributed by atoms with E-state index in [0.717, 1.165) is 12.5 Å². The number of hydrogen-bond donors (Lipinski definition) is 2. The number of hydrogen-bond acceptors (Lipinski definition) is 5. The summed E-state index contributed by atoms with van der Waals surface area (Å²) < 4.78 is 46.9. The van der Waals surface area contributed by atoms with Crippen LogP contribution in [0.5, 0.6) is 0 Å². The molecular formula is C11H17ClN2O4S2. The Morgan fingerprint density at radius 2 is 1.80 bits per heavy atom. The molecule has 1 atom stereocenters. The molecule has 9 heteroatoms. The van der Waals surface area contributed by atoms with Gasteiger partial charge in [0, 0.05) is 18.0 Å². The summed E-state index contributed by atoms with van der Waals surface area (Å²) >= 11 is 5.97. The first-order valence-corrected chi connectivity index (χ1v) is 10.0. The average Bonchev–Trinajstić information content (AvgIpc) is 2.17. The average molecular weight is 341 g/mol. The van der Waals surface area contributed by atoms with Crippen LogP contribution in [0.3, 0.4) is 0 Å². The highest BCUT2D eigenvalue weighted by Gasteiger charge is 2.12. The van der Waals surface area contributed by atoms with Crippen molar-refractivity contribution in [2.24, 2.45) is 0 Å². The van der Waals surface area contributed by atoms with E-state index >= 15 is 0 Å². The summed E-state index contributed by atoms with van der Waals surface area (Å²) in [5, 5.41) is 3.22. The minimum absolute atomic E-state index is 0.00599. The SMILES string of the molecule is CC(CS(C)(=O)=O)Nc1ccc(NS(C)(=O)=O)c(Cl)c1. The lowest BCUT2D eigenvalue weighted by molar-refractivity contribution is 0.597. The Kier molecular flexibility index (Phi) is 5.28. The van der Waals surface area contributed by atoms with E-state index in [4.69, 9.17) is 11.6 Å². The van der Waals surface area contributed by atoms with E-state index in [1.54, 1.807) is 13.0 Å². The van der Waals surface area contributed by atoms with Crippen LogP contribution in [-0.2, 0) is 19.9 Å². The van der Waals surface area contributed by atoms with Crippen molar-refractivity contribution in [3.05, 3.63) is 23.2 Å². The molecule has 1 aromatic carbocycles. The highest BCUT2D eigenvalue weighted by Crippen LogP contribution is 2.26. The second-order valence-electron chi connectivity index (χ2n) is 4.71. The van der Waals surface area contributed by atoms with Crippen molar-refractivity contribution in [1.82, 2.24) is 0 Å². The Hall–Kier alpha value is -0.990. The number of anilines is 2. The number of rotatable bonds is 6. The quantitative estimate of drug-likeness (QED) is 0.819. The van der Waals surface area contributed by atoms with Crippen LogP contribution < -0.4 is 10.0 Å². The van der Waals surface area contributed by atoms with Crippen LogP contribution in [0.2, 0.25) is 5.02 Å². The molecule has 6 nitrogen and oxygen atoms in total. The summed E-state index contributed by atoms with van der Waals surface area (Å²) in [7, 11) is -6.47. The van der Waals surface area contributed by atoms with Crippen LogP contribution in [0, 0.1) is 0 Å². The number of sulfonamides is 1. The van der Waals surface area contributed by atoms with Gasteiger partial charge in [-0.1, -0.05) is 11.6 Å². The van der Waals surface area contributed by atoms with Crippen molar-refractivity contribution in [3.8, 4) is 0 Å². The molecule has 0 fully saturated rings. The highest BCUT2D eigenvalue weighted by atomic mass is 35.5. The zero-order valence-electron chi connectivity index (χ0n) is 11.3. The van der Waals surface area contributed by atoms with Crippen LogP contribution in [-0.4, -0.2) is 41.1 Å². The zero-order chi connectivity index (χ0) is 15.6. The van der Waals surface area contributed by atoms with Crippen LogP contribution in [0.25, 0.3) is 0 Å². The molecule has 0 bridgehead atoms. The number of benzene rings is 1. The van der Waals surface area contributed by atoms with Gasteiger partial charge in [-0.05, 0) is 25.1 Å². The van der Waals surface area contributed by atoms with Gasteiger partial charge in [-0.2, -0.15) is 0 Å². The summed E-state index contributed by atoms with van der Waals surface area (Å²) in [4.78, 5) is 0. The molecular weight excluding hydrogens is 324 g/mol. The Balaban J connectivity index is 2.83. The van der Waals surface area contributed by atoms with E-state index in [2.05, 4.69) is 10.0 Å². The van der Waals surface area contributed by atoms with Crippen LogP contribution >= 0.6 is 11.6 Å². The molecule has 0 radical (unpaired) electrons. The lowest BCUT2D eigenvalue weighted by Gasteiger charge is -2.15. The molecule has 1 aromatic rings. The van der Waals surface area contributed by atoms with E-state index in [1.807, 2.05) is 0 Å². The fourth-order valence-electron chi connectivity index (χ4n) is 1.67. The Bertz CT molecular complexity index is 686. The van der Waals surface area contributed by atoms with Gasteiger partial charge in [0.1, 0.15) is 9.84 Å². The van der Waals surface area contributed by atoms with Crippen molar-refractivity contribution in [3.63, 3.8) is 0 Å². The third kappa shape index (κ3) is 6.44. The molecule has 0 spiro atoms. The lowest BCUT2D eigenvalue weighted by Crippen LogP contribution is -2.25. The lowest BCUT2D eigenvalue weighted by atomic mass is 10.2. The van der Waals surface area contributed by atoms with E-state index in [-0.39, 0.29) is 22.5 Å². The summed E-state index contributed by atoms with van der Waals surface area (Å²) in [5.74, 6) is -0.00599. The van der Waals surface area contributed by atoms with Gasteiger partial charge in [0.05, 0.1) is 22.7 Å². The van der Waals surface area contributed by atoms with Crippen LogP contribution in [0.15, 0.2) is 18.2 Å². The van der Waals surface area contributed by atoms with Gasteiger partial charge in [0.2, 0.25) is 10.0 Å². The topological polar surface area (TPSA) is 92.3 Å². The van der Waals surface area contributed by atoms with E-state index in [0.29, 0.717) is 5.69 Å². The van der Waals surface area contributed by atoms with Crippen LogP contribution in [0.1, 0.15) is 6.92 Å². The summed E-state index contributed by atoms with van der Waals surface area (Å²) in [6, 6.07) is 4.39. The zero-order valence-corrected chi connectivity index (χ0v) is 13.7. The van der Waals surface area contributed by atoms with Crippen molar-refractivity contribution < 1.29 is 16.8 Å². The molecule has 0 aromatic heterocycles. The smallest absolute Gasteiger partial charge is 0.229 e. The Morgan fingerprint density at radius 1 is 1.20 bits per heavy atom. The van der Waals surface area contributed by atoms with E-state index < -0.39 is 19.9 Å². The molecule has 2 N–H and O–H groups in total. The molecule has 0 saturated heterocycles. The number of sulfone groups is 1. The standard InChI is InChI=1S/C11H17ClN2O4S2/c1-8(7-19(2,15)16)13-9-4-5-11(10(12)6-9)14-20(3,17)18/h4-6,8,13-14H,7H2,1-3H3. The first-order valence-electron chi connectivity index (χ1n) is 5.68. The normalized spacial score (nSPS) is 13.8. The Morgan fingerprint density at radius 3 is 2.25 bits per heavy atom. The van der Waals surface area contributed by atoms with Crippen molar-refractivity contribution >= 4 is 42.8 Å². The molecule has 114 valence electrons. The Labute approximate surface area is 124 Å². The summed E-state index contributed by atoms with van der Waals surface area (Å²) in [6.45, 7) is 1.73. The van der Waals surface area contributed by atoms with Crippen LogP contribution in [0.4, 0.5) is 11.4 Å². The van der Waals surface area contributed by atoms with E-state index in [1.165, 1.54) is 12.1 Å². The van der Waals surface area contributed by atoms with Gasteiger partial charge in [0.15, 0.2) is 0 Å². The monoisotopic (exact) mass is 340 g/mol. The van der Waals surface area contributed by atoms with Gasteiger partial charge >= 0.3 is 0 Å². The van der Waals surface area contributed by atoms with Gasteiger partial charge in [-0.15, -0.1) is 0 Å². The maximum absolute atomic E-state index is 11.2. The molecule has 0 aliphatic heterocycles. The third-order valence-corrected chi connectivity index (χ3v) is 4.24. The third-order valence-electron chi connectivity index (χ3n) is 2.23. The molecule has 20 heavy (non-hydrogen) atoms. The molecule has 1 rings (SSSR count). The maximum atomic E-state index is 11.2. The summed E-state index contributed by atoms with van der Waals surface area (Å²) in [5.41, 5.74) is 0.890. The first kappa shape index (κ1) is 17.1. The molecule has 0 aliphatic rings. The predicted octanol–water partition coefficient (Wildman–Crippen LogP) is 1.56. The van der Waals surface area contributed by atoms with Gasteiger partial charge in [-0.3, -0.25) is 4.72 Å². The van der Waals surface area contributed by atoms with Crippen molar-refractivity contribution in [2.75, 3.05) is 28.3 Å². The fourth-order valence-corrected chi connectivity index (χ4v) is 3.52. The van der Waals surface area contributed by atoms with E-state index in [9.17, 15) is 16.8 Å². The number of nitrogens with one attached hydrogen (secondary N) is 2. The van der Waals surface area contributed by atoms with Gasteiger partial charge in [0.25, 0.3) is 0 Å². The van der Waals surface area contributed by atoms with Gasteiger partial charge < -0.3 is 5.32 Å². The second kappa shape index (κ2) is 6.19. The number of halogens is 1. The highest BCUT2D eigenvalue weighted by molar-refractivity contribution is 7.92.